The van der Waals surface area contributed by atoms with E-state index in [9.17, 15) is 4.79 Å². The second-order valence-corrected chi connectivity index (χ2v) is 7.26. The molecule has 3 N–H and O–H groups in total. The molecule has 3 aromatic rings. The summed E-state index contributed by atoms with van der Waals surface area (Å²) in [6.45, 7) is 0.278. The van der Waals surface area contributed by atoms with E-state index < -0.39 is 0 Å². The highest BCUT2D eigenvalue weighted by molar-refractivity contribution is 7.10. The van der Waals surface area contributed by atoms with Crippen molar-refractivity contribution >= 4 is 46.1 Å². The van der Waals surface area contributed by atoms with Crippen LogP contribution in [0.4, 0.5) is 5.69 Å². The highest BCUT2D eigenvalue weighted by Crippen LogP contribution is 2.29. The van der Waals surface area contributed by atoms with Crippen molar-refractivity contribution in [1.82, 2.24) is 0 Å². The van der Waals surface area contributed by atoms with Crippen LogP contribution in [0.5, 0.6) is 0 Å². The highest BCUT2D eigenvalue weighted by Gasteiger charge is 2.20. The van der Waals surface area contributed by atoms with Crippen molar-refractivity contribution in [3.8, 4) is 0 Å². The number of amides is 1. The third kappa shape index (κ3) is 4.61. The maximum Gasteiger partial charge on any atom is 0.279 e. The first kappa shape index (κ1) is 18.0. The van der Waals surface area contributed by atoms with E-state index >= 15 is 0 Å². The number of nitrogens with two attached hydrogens (primary N) is 1. The zero-order valence-electron chi connectivity index (χ0n) is 13.3. The fraction of sp³-hybridized carbons (Fsp3) is 0.105. The predicted octanol–water partition coefficient (Wildman–Crippen LogP) is 4.35. The van der Waals surface area contributed by atoms with Crippen LogP contribution in [0.25, 0.3) is 0 Å². The summed E-state index contributed by atoms with van der Waals surface area (Å²) in [6.07, 6.45) is 0. The van der Waals surface area contributed by atoms with Crippen molar-refractivity contribution < 1.29 is 10.1 Å². The van der Waals surface area contributed by atoms with Crippen LogP contribution in [-0.4, -0.2) is 12.5 Å². The van der Waals surface area contributed by atoms with Crippen LogP contribution in [0.3, 0.4) is 0 Å². The smallest absolute Gasteiger partial charge is 0.279 e. The number of quaternary nitrogens is 1. The lowest BCUT2D eigenvalue weighted by molar-refractivity contribution is -0.675. The molecule has 0 fully saturated rings. The Kier molecular flexibility index (Phi) is 6.10. The van der Waals surface area contributed by atoms with Crippen LogP contribution in [0.1, 0.15) is 16.5 Å². The van der Waals surface area contributed by atoms with Crippen molar-refractivity contribution in [2.45, 2.75) is 6.04 Å². The van der Waals surface area contributed by atoms with Crippen molar-refractivity contribution in [2.75, 3.05) is 11.9 Å². The van der Waals surface area contributed by atoms with E-state index in [1.807, 2.05) is 35.0 Å². The molecule has 0 unspecified atom stereocenters. The summed E-state index contributed by atoms with van der Waals surface area (Å²) < 4.78 is 0. The quantitative estimate of drug-likeness (QED) is 0.644. The molecule has 1 heterocycles. The standard InChI is InChI=1S/C19H16Cl2N2OS/c20-14-8-4-9-15(18(14)21)23-17(24)12-22-19(16-10-5-11-25-16)13-6-2-1-3-7-13/h1-11,19,22H,12H2,(H,23,24)/p+1/t19-/m1/s1. The molecule has 0 saturated carbocycles. The number of rotatable bonds is 6. The summed E-state index contributed by atoms with van der Waals surface area (Å²) in [5, 5.41) is 7.67. The molecule has 25 heavy (non-hydrogen) atoms. The number of benzene rings is 2. The minimum absolute atomic E-state index is 0.0850. The molecular weight excluding hydrogens is 375 g/mol. The molecule has 0 saturated heterocycles. The van der Waals surface area contributed by atoms with Gasteiger partial charge in [-0.3, -0.25) is 4.79 Å². The van der Waals surface area contributed by atoms with Crippen molar-refractivity contribution in [1.29, 1.82) is 0 Å². The monoisotopic (exact) mass is 391 g/mol. The van der Waals surface area contributed by atoms with Gasteiger partial charge >= 0.3 is 0 Å². The van der Waals surface area contributed by atoms with E-state index in [0.29, 0.717) is 15.7 Å². The molecule has 0 bridgehead atoms. The number of nitrogens with one attached hydrogen (secondary N) is 1. The topological polar surface area (TPSA) is 45.7 Å². The molecule has 0 aliphatic rings. The number of halogens is 2. The molecule has 1 amide bonds. The van der Waals surface area contributed by atoms with E-state index in [1.54, 1.807) is 29.5 Å². The Morgan fingerprint density at radius 2 is 1.84 bits per heavy atom. The molecule has 0 aliphatic carbocycles. The molecule has 1 atom stereocenters. The molecule has 3 rings (SSSR count). The lowest BCUT2D eigenvalue weighted by atomic mass is 10.1. The number of carbonyl (C=O) groups is 1. The first-order valence-electron chi connectivity index (χ1n) is 7.80. The lowest BCUT2D eigenvalue weighted by Crippen LogP contribution is -2.87. The van der Waals surface area contributed by atoms with Gasteiger partial charge in [0.2, 0.25) is 0 Å². The minimum atomic E-state index is -0.123. The van der Waals surface area contributed by atoms with Crippen LogP contribution in [0.2, 0.25) is 10.0 Å². The third-order valence-corrected chi connectivity index (χ3v) is 5.55. The second kappa shape index (κ2) is 8.50. The van der Waals surface area contributed by atoms with E-state index in [-0.39, 0.29) is 18.5 Å². The lowest BCUT2D eigenvalue weighted by Gasteiger charge is -2.15. The summed E-state index contributed by atoms with van der Waals surface area (Å²) in [5.74, 6) is -0.123. The van der Waals surface area contributed by atoms with Crippen molar-refractivity contribution in [3.63, 3.8) is 0 Å². The summed E-state index contributed by atoms with van der Waals surface area (Å²) in [6, 6.07) is 19.5. The molecule has 6 heteroatoms. The van der Waals surface area contributed by atoms with Crippen LogP contribution < -0.4 is 10.6 Å². The van der Waals surface area contributed by atoms with Gasteiger partial charge in [-0.2, -0.15) is 0 Å². The summed E-state index contributed by atoms with van der Waals surface area (Å²) in [5.41, 5.74) is 1.69. The van der Waals surface area contributed by atoms with Gasteiger partial charge in [0.05, 0.1) is 20.6 Å². The zero-order chi connectivity index (χ0) is 17.6. The summed E-state index contributed by atoms with van der Waals surface area (Å²) >= 11 is 13.8. The average molecular weight is 392 g/mol. The van der Waals surface area contributed by atoms with Crippen LogP contribution in [-0.2, 0) is 4.79 Å². The Bertz CT molecular complexity index is 838. The van der Waals surface area contributed by atoms with E-state index in [4.69, 9.17) is 23.2 Å². The average Bonchev–Trinajstić information content (AvgIpc) is 3.14. The van der Waals surface area contributed by atoms with Crippen LogP contribution >= 0.6 is 34.5 Å². The first-order valence-corrected chi connectivity index (χ1v) is 9.44. The fourth-order valence-corrected chi connectivity index (χ4v) is 3.77. The molecule has 1 aromatic heterocycles. The number of hydrogen-bond donors (Lipinski definition) is 2. The second-order valence-electron chi connectivity index (χ2n) is 5.49. The van der Waals surface area contributed by atoms with Gasteiger partial charge < -0.3 is 10.6 Å². The van der Waals surface area contributed by atoms with Gasteiger partial charge in [-0.1, -0.05) is 65.7 Å². The largest absolute Gasteiger partial charge is 0.328 e. The Hall–Kier alpha value is -1.85. The highest BCUT2D eigenvalue weighted by atomic mass is 35.5. The Balaban J connectivity index is 1.69. The maximum atomic E-state index is 12.3. The number of thiophene rings is 1. The maximum absolute atomic E-state index is 12.3. The van der Waals surface area contributed by atoms with E-state index in [1.165, 1.54) is 10.4 Å². The molecule has 2 aromatic carbocycles. The van der Waals surface area contributed by atoms with Gasteiger partial charge in [0.15, 0.2) is 6.54 Å². The predicted molar refractivity (Wildman–Crippen MR) is 104 cm³/mol. The minimum Gasteiger partial charge on any atom is -0.328 e. The van der Waals surface area contributed by atoms with Gasteiger partial charge in [0, 0.05) is 5.56 Å². The van der Waals surface area contributed by atoms with Gasteiger partial charge in [-0.15, -0.1) is 11.3 Å². The Morgan fingerprint density at radius 3 is 2.56 bits per heavy atom. The molecule has 0 aliphatic heterocycles. The first-order chi connectivity index (χ1) is 12.1. The molecule has 128 valence electrons. The SMILES string of the molecule is O=C(C[NH2+][C@H](c1ccccc1)c1cccs1)Nc1cccc(Cl)c1Cl. The van der Waals surface area contributed by atoms with Gasteiger partial charge in [0.25, 0.3) is 5.91 Å². The molecule has 3 nitrogen and oxygen atoms in total. The molecule has 0 spiro atoms. The summed E-state index contributed by atoms with van der Waals surface area (Å²) in [7, 11) is 0. The van der Waals surface area contributed by atoms with Gasteiger partial charge in [0.1, 0.15) is 6.04 Å². The van der Waals surface area contributed by atoms with Gasteiger partial charge in [-0.05, 0) is 23.6 Å². The van der Waals surface area contributed by atoms with E-state index in [0.717, 1.165) is 0 Å². The number of hydrogen-bond acceptors (Lipinski definition) is 2. The third-order valence-electron chi connectivity index (χ3n) is 3.77. The molecule has 0 radical (unpaired) electrons. The van der Waals surface area contributed by atoms with Gasteiger partial charge in [-0.25, -0.2) is 0 Å². The number of anilines is 1. The summed E-state index contributed by atoms with van der Waals surface area (Å²) in [4.78, 5) is 13.5. The van der Waals surface area contributed by atoms with Crippen molar-refractivity contribution in [3.05, 3.63) is 86.5 Å². The number of carbonyl (C=O) groups excluding carboxylic acids is 1. The van der Waals surface area contributed by atoms with Crippen LogP contribution in [0, 0.1) is 0 Å². The van der Waals surface area contributed by atoms with Crippen LogP contribution in [0.15, 0.2) is 66.0 Å². The zero-order valence-corrected chi connectivity index (χ0v) is 15.6. The molecular formula is C19H17Cl2N2OS+. The normalized spacial score (nSPS) is 11.9. The van der Waals surface area contributed by atoms with Crippen molar-refractivity contribution in [2.24, 2.45) is 0 Å². The van der Waals surface area contributed by atoms with E-state index in [2.05, 4.69) is 23.5 Å². The Morgan fingerprint density at radius 1 is 1.04 bits per heavy atom. The Labute approximate surface area is 160 Å². The fourth-order valence-electron chi connectivity index (χ4n) is 2.57.